The van der Waals surface area contributed by atoms with Crippen molar-refractivity contribution in [1.29, 1.82) is 0 Å². The summed E-state index contributed by atoms with van der Waals surface area (Å²) in [6, 6.07) is 9.39. The van der Waals surface area contributed by atoms with E-state index in [0.717, 1.165) is 29.5 Å². The first kappa shape index (κ1) is 31.2. The fourth-order valence-electron chi connectivity index (χ4n) is 5.97. The van der Waals surface area contributed by atoms with Gasteiger partial charge in [0.25, 0.3) is 0 Å². The Morgan fingerprint density at radius 1 is 1.09 bits per heavy atom. The molecule has 0 radical (unpaired) electrons. The Labute approximate surface area is 252 Å². The number of carbonyl (C=O) groups excluding carboxylic acids is 3. The first-order valence-electron chi connectivity index (χ1n) is 14.7. The normalized spacial score (nSPS) is 19.4. The van der Waals surface area contributed by atoms with E-state index in [1.807, 2.05) is 18.2 Å². The van der Waals surface area contributed by atoms with Crippen molar-refractivity contribution in [2.45, 2.75) is 63.5 Å². The summed E-state index contributed by atoms with van der Waals surface area (Å²) in [5.41, 5.74) is 9.38. The SMILES string of the molecule is Cn1nnc2cc(CNC(=O)C3CC(Cc4ccc(OC(F)(F)F)cc4)CN3C(=O)C(N)CCC(=O)N3CCCC3)ccc21. The van der Waals surface area contributed by atoms with Crippen LogP contribution in [0.3, 0.4) is 0 Å². The zero-order valence-electron chi connectivity index (χ0n) is 24.4. The summed E-state index contributed by atoms with van der Waals surface area (Å²) < 4.78 is 43.3. The van der Waals surface area contributed by atoms with Crippen molar-refractivity contribution < 1.29 is 32.3 Å². The number of carbonyl (C=O) groups is 3. The van der Waals surface area contributed by atoms with Crippen LogP contribution in [-0.2, 0) is 34.4 Å². The number of fused-ring (bicyclic) bond motifs is 1. The number of rotatable bonds is 10. The highest BCUT2D eigenvalue weighted by molar-refractivity contribution is 5.91. The molecule has 14 heteroatoms. The smallest absolute Gasteiger partial charge is 0.406 e. The standard InChI is InChI=1S/C30H36F3N7O4/c1-38-25-10-6-20(15-24(25)36-37-38)17-35-28(42)26-16-21(14-19-4-7-22(8-5-19)44-30(31,32)33)18-40(26)29(43)23(34)9-11-27(41)39-12-2-3-13-39/h4-8,10,15,21,23,26H,2-3,9,11-14,16-18,34H2,1H3,(H,35,42). The van der Waals surface area contributed by atoms with Gasteiger partial charge >= 0.3 is 6.36 Å². The number of nitrogens with one attached hydrogen (secondary N) is 1. The second kappa shape index (κ2) is 13.2. The Hall–Kier alpha value is -4.20. The number of ether oxygens (including phenoxy) is 1. The first-order chi connectivity index (χ1) is 21.0. The van der Waals surface area contributed by atoms with Crippen LogP contribution < -0.4 is 15.8 Å². The van der Waals surface area contributed by atoms with Crippen molar-refractivity contribution in [2.24, 2.45) is 18.7 Å². The summed E-state index contributed by atoms with van der Waals surface area (Å²) in [5.74, 6) is -1.24. The van der Waals surface area contributed by atoms with Gasteiger partial charge in [0.1, 0.15) is 17.3 Å². The monoisotopic (exact) mass is 615 g/mol. The number of aryl methyl sites for hydroxylation is 1. The number of likely N-dealkylation sites (tertiary alicyclic amines) is 2. The van der Waals surface area contributed by atoms with Gasteiger partial charge in [0, 0.05) is 39.6 Å². The molecular formula is C30H36F3N7O4. The molecule has 1 aromatic heterocycles. The second-order valence-electron chi connectivity index (χ2n) is 11.5. The third-order valence-corrected chi connectivity index (χ3v) is 8.24. The maximum atomic E-state index is 13.5. The largest absolute Gasteiger partial charge is 0.573 e. The molecule has 236 valence electrons. The van der Waals surface area contributed by atoms with Crippen LogP contribution >= 0.6 is 0 Å². The molecule has 0 bridgehead atoms. The van der Waals surface area contributed by atoms with E-state index < -0.39 is 24.4 Å². The molecule has 2 aliphatic rings. The lowest BCUT2D eigenvalue weighted by Gasteiger charge is -2.27. The highest BCUT2D eigenvalue weighted by Gasteiger charge is 2.41. The predicted molar refractivity (Wildman–Crippen MR) is 154 cm³/mol. The molecule has 3 heterocycles. The molecular weight excluding hydrogens is 579 g/mol. The number of aromatic nitrogens is 3. The Kier molecular flexibility index (Phi) is 9.37. The quantitative estimate of drug-likeness (QED) is 0.358. The van der Waals surface area contributed by atoms with Crippen LogP contribution in [0.2, 0.25) is 0 Å². The fraction of sp³-hybridized carbons (Fsp3) is 0.500. The molecule has 3 aromatic rings. The Morgan fingerprint density at radius 3 is 2.50 bits per heavy atom. The van der Waals surface area contributed by atoms with Crippen LogP contribution in [0.1, 0.15) is 43.2 Å². The number of halogens is 3. The van der Waals surface area contributed by atoms with Crippen molar-refractivity contribution in [2.75, 3.05) is 19.6 Å². The lowest BCUT2D eigenvalue weighted by Crippen LogP contribution is -2.51. The Balaban J connectivity index is 1.25. The van der Waals surface area contributed by atoms with Crippen molar-refractivity contribution >= 4 is 28.8 Å². The molecule has 44 heavy (non-hydrogen) atoms. The number of hydrogen-bond acceptors (Lipinski definition) is 7. The van der Waals surface area contributed by atoms with E-state index in [0.29, 0.717) is 31.4 Å². The maximum Gasteiger partial charge on any atom is 0.573 e. The molecule has 2 aromatic carbocycles. The van der Waals surface area contributed by atoms with E-state index in [1.165, 1.54) is 17.0 Å². The molecule has 2 fully saturated rings. The molecule has 0 aliphatic carbocycles. The molecule has 0 spiro atoms. The number of hydrogen-bond donors (Lipinski definition) is 2. The Morgan fingerprint density at radius 2 is 1.80 bits per heavy atom. The van der Waals surface area contributed by atoms with E-state index in [2.05, 4.69) is 20.4 Å². The molecule has 3 unspecified atom stereocenters. The van der Waals surface area contributed by atoms with Crippen molar-refractivity contribution in [3.8, 4) is 5.75 Å². The third kappa shape index (κ3) is 7.65. The van der Waals surface area contributed by atoms with Gasteiger partial charge in [-0.3, -0.25) is 14.4 Å². The molecule has 2 saturated heterocycles. The van der Waals surface area contributed by atoms with Crippen LogP contribution in [0.15, 0.2) is 42.5 Å². The van der Waals surface area contributed by atoms with Gasteiger partial charge in [-0.15, -0.1) is 18.3 Å². The molecule has 3 atom stereocenters. The van der Waals surface area contributed by atoms with Gasteiger partial charge in [-0.2, -0.15) is 0 Å². The fourth-order valence-corrected chi connectivity index (χ4v) is 5.97. The van der Waals surface area contributed by atoms with Gasteiger partial charge in [-0.05, 0) is 73.4 Å². The lowest BCUT2D eigenvalue weighted by atomic mass is 9.96. The van der Waals surface area contributed by atoms with Crippen LogP contribution in [0.4, 0.5) is 13.2 Å². The number of nitrogens with two attached hydrogens (primary N) is 1. The summed E-state index contributed by atoms with van der Waals surface area (Å²) in [6.45, 7) is 1.89. The average Bonchev–Trinajstić information content (AvgIpc) is 3.75. The third-order valence-electron chi connectivity index (χ3n) is 8.24. The minimum absolute atomic E-state index is 0.0302. The van der Waals surface area contributed by atoms with Crippen molar-refractivity contribution in [3.05, 3.63) is 53.6 Å². The van der Waals surface area contributed by atoms with Gasteiger partial charge < -0.3 is 25.6 Å². The summed E-state index contributed by atoms with van der Waals surface area (Å²) in [4.78, 5) is 42.8. The summed E-state index contributed by atoms with van der Waals surface area (Å²) in [6.07, 6.45) is -1.75. The zero-order chi connectivity index (χ0) is 31.4. The van der Waals surface area contributed by atoms with E-state index >= 15 is 0 Å². The highest BCUT2D eigenvalue weighted by Crippen LogP contribution is 2.29. The summed E-state index contributed by atoms with van der Waals surface area (Å²) in [5, 5.41) is 11.0. The molecule has 11 nitrogen and oxygen atoms in total. The minimum atomic E-state index is -4.79. The average molecular weight is 616 g/mol. The van der Waals surface area contributed by atoms with Gasteiger partial charge in [0.05, 0.1) is 11.6 Å². The lowest BCUT2D eigenvalue weighted by molar-refractivity contribution is -0.274. The van der Waals surface area contributed by atoms with E-state index in [1.54, 1.807) is 28.8 Å². The van der Waals surface area contributed by atoms with Gasteiger partial charge in [-0.1, -0.05) is 23.4 Å². The number of benzene rings is 2. The van der Waals surface area contributed by atoms with E-state index in [9.17, 15) is 27.6 Å². The van der Waals surface area contributed by atoms with Gasteiger partial charge in [-0.25, -0.2) is 4.68 Å². The van der Waals surface area contributed by atoms with Crippen LogP contribution in [0.5, 0.6) is 5.75 Å². The molecule has 3 N–H and O–H groups in total. The molecule has 5 rings (SSSR count). The maximum absolute atomic E-state index is 13.5. The first-order valence-corrected chi connectivity index (χ1v) is 14.7. The number of nitrogens with zero attached hydrogens (tertiary/aromatic N) is 5. The van der Waals surface area contributed by atoms with Crippen molar-refractivity contribution in [3.63, 3.8) is 0 Å². The predicted octanol–water partition coefficient (Wildman–Crippen LogP) is 2.67. The number of amides is 3. The van der Waals surface area contributed by atoms with Crippen LogP contribution in [0.25, 0.3) is 11.0 Å². The van der Waals surface area contributed by atoms with E-state index in [4.69, 9.17) is 5.73 Å². The zero-order valence-corrected chi connectivity index (χ0v) is 24.4. The topological polar surface area (TPSA) is 136 Å². The van der Waals surface area contributed by atoms with E-state index in [-0.39, 0.29) is 49.4 Å². The number of alkyl halides is 3. The summed E-state index contributed by atoms with van der Waals surface area (Å²) in [7, 11) is 1.79. The van der Waals surface area contributed by atoms with Gasteiger partial charge in [0.15, 0.2) is 0 Å². The van der Waals surface area contributed by atoms with Crippen LogP contribution in [0, 0.1) is 5.92 Å². The molecule has 0 saturated carbocycles. The van der Waals surface area contributed by atoms with Crippen LogP contribution in [-0.4, -0.2) is 80.6 Å². The van der Waals surface area contributed by atoms with Gasteiger partial charge in [0.2, 0.25) is 17.7 Å². The molecule has 2 aliphatic heterocycles. The summed E-state index contributed by atoms with van der Waals surface area (Å²) >= 11 is 0. The minimum Gasteiger partial charge on any atom is -0.406 e. The van der Waals surface area contributed by atoms with Crippen molar-refractivity contribution in [1.82, 2.24) is 30.1 Å². The second-order valence-corrected chi connectivity index (χ2v) is 11.5. The highest BCUT2D eigenvalue weighted by atomic mass is 19.4. The Bertz CT molecular complexity index is 1490. The molecule has 3 amide bonds.